The summed E-state index contributed by atoms with van der Waals surface area (Å²) >= 11 is 0. The van der Waals surface area contributed by atoms with Crippen LogP contribution in [0.1, 0.15) is 33.6 Å². The van der Waals surface area contributed by atoms with Crippen LogP contribution >= 0.6 is 0 Å². The molecule has 1 unspecified atom stereocenters. The number of nitrogens with one attached hydrogen (secondary N) is 1. The molecule has 0 aromatic heterocycles. The maximum absolute atomic E-state index is 3.43. The summed E-state index contributed by atoms with van der Waals surface area (Å²) < 4.78 is 0. The van der Waals surface area contributed by atoms with E-state index < -0.39 is 0 Å². The first-order chi connectivity index (χ1) is 7.97. The second kappa shape index (κ2) is 6.72. The standard InChI is InChI=1S/C14H31N3/c1-6-7-13(16(4)5)14(2,3)12-17-10-8-15-9-11-17/h13,15H,6-12H2,1-5H3. The molecule has 0 bridgehead atoms. The molecule has 0 aliphatic carbocycles. The van der Waals surface area contributed by atoms with E-state index in [0.717, 1.165) is 13.1 Å². The lowest BCUT2D eigenvalue weighted by Crippen LogP contribution is -2.52. The van der Waals surface area contributed by atoms with Gasteiger partial charge in [-0.25, -0.2) is 0 Å². The van der Waals surface area contributed by atoms with Gasteiger partial charge >= 0.3 is 0 Å². The topological polar surface area (TPSA) is 18.5 Å². The molecule has 1 N–H and O–H groups in total. The maximum Gasteiger partial charge on any atom is 0.0152 e. The van der Waals surface area contributed by atoms with Crippen LogP contribution in [0.4, 0.5) is 0 Å². The molecular weight excluding hydrogens is 210 g/mol. The molecule has 0 saturated carbocycles. The highest BCUT2D eigenvalue weighted by Crippen LogP contribution is 2.28. The Morgan fingerprint density at radius 2 is 1.82 bits per heavy atom. The van der Waals surface area contributed by atoms with Gasteiger partial charge in [-0.3, -0.25) is 0 Å². The first kappa shape index (κ1) is 14.9. The lowest BCUT2D eigenvalue weighted by atomic mass is 9.80. The number of rotatable bonds is 6. The maximum atomic E-state index is 3.43. The molecule has 1 aliphatic rings. The summed E-state index contributed by atoms with van der Waals surface area (Å²) in [6.07, 6.45) is 2.57. The van der Waals surface area contributed by atoms with Crippen LogP contribution in [0.2, 0.25) is 0 Å². The SMILES string of the molecule is CCCC(N(C)C)C(C)(C)CN1CCNCC1. The van der Waals surface area contributed by atoms with Gasteiger partial charge in [-0.2, -0.15) is 0 Å². The molecule has 17 heavy (non-hydrogen) atoms. The predicted octanol–water partition coefficient (Wildman–Crippen LogP) is 1.65. The molecule has 1 aliphatic heterocycles. The summed E-state index contributed by atoms with van der Waals surface area (Å²) in [4.78, 5) is 5.02. The monoisotopic (exact) mass is 241 g/mol. The van der Waals surface area contributed by atoms with Crippen LogP contribution < -0.4 is 5.32 Å². The van der Waals surface area contributed by atoms with Gasteiger partial charge in [-0.15, -0.1) is 0 Å². The fourth-order valence-electron chi connectivity index (χ4n) is 3.17. The van der Waals surface area contributed by atoms with Gasteiger partial charge in [0.1, 0.15) is 0 Å². The van der Waals surface area contributed by atoms with Crippen LogP contribution in [0.5, 0.6) is 0 Å². The zero-order valence-corrected chi connectivity index (χ0v) is 12.4. The molecule has 0 aromatic carbocycles. The highest BCUT2D eigenvalue weighted by Gasteiger charge is 2.32. The molecule has 1 atom stereocenters. The number of piperazine rings is 1. The molecule has 0 amide bonds. The molecule has 1 saturated heterocycles. The Labute approximate surface area is 108 Å². The van der Waals surface area contributed by atoms with E-state index >= 15 is 0 Å². The van der Waals surface area contributed by atoms with Gasteiger partial charge in [0, 0.05) is 38.8 Å². The van der Waals surface area contributed by atoms with Gasteiger partial charge in [0.25, 0.3) is 0 Å². The second-order valence-corrected chi connectivity index (χ2v) is 6.28. The third-order valence-corrected chi connectivity index (χ3v) is 3.93. The molecule has 3 heteroatoms. The van der Waals surface area contributed by atoms with Crippen molar-refractivity contribution in [1.82, 2.24) is 15.1 Å². The zero-order chi connectivity index (χ0) is 12.9. The third-order valence-electron chi connectivity index (χ3n) is 3.93. The smallest absolute Gasteiger partial charge is 0.0152 e. The molecular formula is C14H31N3. The van der Waals surface area contributed by atoms with Crippen LogP contribution in [-0.2, 0) is 0 Å². The van der Waals surface area contributed by atoms with Gasteiger partial charge in [0.2, 0.25) is 0 Å². The Morgan fingerprint density at radius 1 is 1.24 bits per heavy atom. The van der Waals surface area contributed by atoms with Gasteiger partial charge in [0.15, 0.2) is 0 Å². The van der Waals surface area contributed by atoms with Crippen LogP contribution in [0.25, 0.3) is 0 Å². The van der Waals surface area contributed by atoms with E-state index in [1.807, 2.05) is 0 Å². The zero-order valence-electron chi connectivity index (χ0n) is 12.4. The van der Waals surface area contributed by atoms with Crippen LogP contribution in [0, 0.1) is 5.41 Å². The van der Waals surface area contributed by atoms with E-state index in [-0.39, 0.29) is 0 Å². The Balaban J connectivity index is 2.56. The molecule has 1 rings (SSSR count). The van der Waals surface area contributed by atoms with Crippen molar-refractivity contribution < 1.29 is 0 Å². The van der Waals surface area contributed by atoms with Crippen molar-refractivity contribution in [2.75, 3.05) is 46.8 Å². The average molecular weight is 241 g/mol. The Hall–Kier alpha value is -0.120. The van der Waals surface area contributed by atoms with Crippen molar-refractivity contribution in [1.29, 1.82) is 0 Å². The highest BCUT2D eigenvalue weighted by atomic mass is 15.2. The summed E-state index contributed by atoms with van der Waals surface area (Å²) in [6, 6.07) is 0.683. The number of hydrogen-bond acceptors (Lipinski definition) is 3. The Kier molecular flexibility index (Phi) is 5.90. The highest BCUT2D eigenvalue weighted by molar-refractivity contribution is 4.87. The van der Waals surface area contributed by atoms with E-state index in [1.165, 1.54) is 32.5 Å². The molecule has 3 nitrogen and oxygen atoms in total. The first-order valence-corrected chi connectivity index (χ1v) is 7.07. The van der Waals surface area contributed by atoms with E-state index in [1.54, 1.807) is 0 Å². The van der Waals surface area contributed by atoms with E-state index in [0.29, 0.717) is 11.5 Å². The summed E-state index contributed by atoms with van der Waals surface area (Å²) in [5.74, 6) is 0. The fraction of sp³-hybridized carbons (Fsp3) is 1.00. The van der Waals surface area contributed by atoms with Crippen molar-refractivity contribution in [2.24, 2.45) is 5.41 Å². The van der Waals surface area contributed by atoms with Gasteiger partial charge in [0.05, 0.1) is 0 Å². The molecule has 1 fully saturated rings. The third kappa shape index (κ3) is 4.57. The normalized spacial score (nSPS) is 20.8. The van der Waals surface area contributed by atoms with Crippen molar-refractivity contribution in [3.8, 4) is 0 Å². The largest absolute Gasteiger partial charge is 0.314 e. The first-order valence-electron chi connectivity index (χ1n) is 7.07. The van der Waals surface area contributed by atoms with E-state index in [9.17, 15) is 0 Å². The van der Waals surface area contributed by atoms with Crippen LogP contribution in [-0.4, -0.2) is 62.7 Å². The second-order valence-electron chi connectivity index (χ2n) is 6.28. The summed E-state index contributed by atoms with van der Waals surface area (Å²) in [6.45, 7) is 13.1. The molecule has 0 aromatic rings. The van der Waals surface area contributed by atoms with Gasteiger partial charge in [-0.1, -0.05) is 27.2 Å². The number of nitrogens with zero attached hydrogens (tertiary/aromatic N) is 2. The van der Waals surface area contributed by atoms with Crippen molar-refractivity contribution in [3.05, 3.63) is 0 Å². The minimum absolute atomic E-state index is 0.372. The molecule has 0 radical (unpaired) electrons. The van der Waals surface area contributed by atoms with Gasteiger partial charge in [-0.05, 0) is 25.9 Å². The van der Waals surface area contributed by atoms with Gasteiger partial charge < -0.3 is 15.1 Å². The van der Waals surface area contributed by atoms with Crippen molar-refractivity contribution in [3.63, 3.8) is 0 Å². The van der Waals surface area contributed by atoms with Crippen LogP contribution in [0.15, 0.2) is 0 Å². The minimum Gasteiger partial charge on any atom is -0.314 e. The summed E-state index contributed by atoms with van der Waals surface area (Å²) in [5, 5.41) is 3.43. The minimum atomic E-state index is 0.372. The number of hydrogen-bond donors (Lipinski definition) is 1. The van der Waals surface area contributed by atoms with E-state index in [2.05, 4.69) is 50.0 Å². The quantitative estimate of drug-likeness (QED) is 0.763. The van der Waals surface area contributed by atoms with Crippen LogP contribution in [0.3, 0.4) is 0 Å². The van der Waals surface area contributed by atoms with Crippen molar-refractivity contribution in [2.45, 2.75) is 39.7 Å². The Morgan fingerprint density at radius 3 is 2.29 bits per heavy atom. The average Bonchev–Trinajstić information content (AvgIpc) is 2.26. The lowest BCUT2D eigenvalue weighted by Gasteiger charge is -2.43. The predicted molar refractivity (Wildman–Crippen MR) is 75.5 cm³/mol. The Bertz CT molecular complexity index is 208. The fourth-order valence-corrected chi connectivity index (χ4v) is 3.17. The molecule has 102 valence electrons. The van der Waals surface area contributed by atoms with Crippen molar-refractivity contribution >= 4 is 0 Å². The van der Waals surface area contributed by atoms with E-state index in [4.69, 9.17) is 0 Å². The summed E-state index contributed by atoms with van der Waals surface area (Å²) in [7, 11) is 4.44. The molecule has 1 heterocycles. The lowest BCUT2D eigenvalue weighted by molar-refractivity contribution is 0.0716. The molecule has 0 spiro atoms. The summed E-state index contributed by atoms with van der Waals surface area (Å²) in [5.41, 5.74) is 0.372.